The Hall–Kier alpha value is -7.85. The van der Waals surface area contributed by atoms with Crippen molar-refractivity contribution in [2.45, 2.75) is 29.1 Å². The standard InChI is InChI=1S/C28H28N4O4S.C26H22N2O3S/c1-30-20-27(29-21-30)37(34,35)32(18-22-9-4-2-5-10-22)25-14-8-13-24(17-25)28(33)31-15-16-36-26(19-31)23-11-6-3-7-12-23;29-26(27-23-14-6-2-7-15-23)22-13-10-16-24(19-22)28(20-21-11-4-1-5-12-21)32(30,31)25-17-8-3-9-18-25/h2-14,17,20-21,26H,15-16,18-19H2,1H3;1-19H,20H2,(H,27,29). The van der Waals surface area contributed by atoms with Gasteiger partial charge in [0, 0.05) is 36.6 Å². The van der Waals surface area contributed by atoms with Crippen LogP contribution >= 0.6 is 0 Å². The van der Waals surface area contributed by atoms with Gasteiger partial charge in [0.2, 0.25) is 0 Å². The molecule has 1 aliphatic heterocycles. The zero-order valence-electron chi connectivity index (χ0n) is 37.7. The van der Waals surface area contributed by atoms with E-state index >= 15 is 0 Å². The van der Waals surface area contributed by atoms with Crippen molar-refractivity contribution in [2.75, 3.05) is 33.6 Å². The quantitative estimate of drug-likeness (QED) is 0.113. The molecule has 69 heavy (non-hydrogen) atoms. The number of morpholine rings is 1. The van der Waals surface area contributed by atoms with Crippen LogP contribution in [0.15, 0.2) is 223 Å². The third kappa shape index (κ3) is 11.8. The molecule has 0 bridgehead atoms. The molecule has 1 fully saturated rings. The second-order valence-corrected chi connectivity index (χ2v) is 19.8. The molecule has 8 aromatic rings. The Morgan fingerprint density at radius 3 is 1.70 bits per heavy atom. The lowest BCUT2D eigenvalue weighted by molar-refractivity contribution is -0.0228. The molecule has 0 radical (unpaired) electrons. The summed E-state index contributed by atoms with van der Waals surface area (Å²) in [4.78, 5) is 32.3. The summed E-state index contributed by atoms with van der Waals surface area (Å²) in [6.45, 7) is 1.56. The third-order valence-corrected chi connectivity index (χ3v) is 14.7. The van der Waals surface area contributed by atoms with E-state index in [4.69, 9.17) is 4.74 Å². The summed E-state index contributed by atoms with van der Waals surface area (Å²) >= 11 is 0. The summed E-state index contributed by atoms with van der Waals surface area (Å²) in [5.41, 5.74) is 4.94. The molecule has 9 rings (SSSR count). The zero-order chi connectivity index (χ0) is 48.2. The van der Waals surface area contributed by atoms with E-state index in [0.29, 0.717) is 47.9 Å². The Morgan fingerprint density at radius 2 is 1.13 bits per heavy atom. The van der Waals surface area contributed by atoms with Crippen molar-refractivity contribution < 1.29 is 31.2 Å². The average Bonchev–Trinajstić information content (AvgIpc) is 3.85. The van der Waals surface area contributed by atoms with Gasteiger partial charge in [0.25, 0.3) is 31.9 Å². The van der Waals surface area contributed by atoms with E-state index in [9.17, 15) is 26.4 Å². The number of rotatable bonds is 14. The summed E-state index contributed by atoms with van der Waals surface area (Å²) < 4.78 is 64.5. The van der Waals surface area contributed by atoms with Crippen LogP contribution in [0.1, 0.15) is 43.5 Å². The number of hydrogen-bond donors (Lipinski definition) is 1. The molecule has 2 heterocycles. The van der Waals surface area contributed by atoms with E-state index < -0.39 is 20.0 Å². The Bertz CT molecular complexity index is 3200. The molecule has 13 nitrogen and oxygen atoms in total. The van der Waals surface area contributed by atoms with Crippen molar-refractivity contribution in [1.82, 2.24) is 14.5 Å². The first-order valence-corrected chi connectivity index (χ1v) is 25.0. The predicted octanol–water partition coefficient (Wildman–Crippen LogP) is 9.36. The summed E-state index contributed by atoms with van der Waals surface area (Å²) in [6, 6.07) is 59.4. The number of imidazole rings is 1. The van der Waals surface area contributed by atoms with Gasteiger partial charge in [-0.05, 0) is 77.4 Å². The van der Waals surface area contributed by atoms with Crippen LogP contribution in [0.25, 0.3) is 0 Å². The molecule has 1 saturated heterocycles. The first-order chi connectivity index (χ1) is 33.5. The molecule has 15 heteroatoms. The van der Waals surface area contributed by atoms with Crippen LogP contribution in [-0.4, -0.2) is 62.8 Å². The maximum absolute atomic E-state index is 13.7. The van der Waals surface area contributed by atoms with Gasteiger partial charge >= 0.3 is 0 Å². The maximum atomic E-state index is 13.7. The molecule has 1 aliphatic rings. The summed E-state index contributed by atoms with van der Waals surface area (Å²) in [6.07, 6.45) is 2.72. The zero-order valence-corrected chi connectivity index (χ0v) is 39.4. The monoisotopic (exact) mass is 958 g/mol. The van der Waals surface area contributed by atoms with Gasteiger partial charge in [-0.3, -0.25) is 18.2 Å². The third-order valence-electron chi connectivity index (χ3n) is 11.2. The van der Waals surface area contributed by atoms with Gasteiger partial charge in [0.05, 0.1) is 48.8 Å². The molecular weight excluding hydrogens is 909 g/mol. The van der Waals surface area contributed by atoms with E-state index in [0.717, 1.165) is 16.7 Å². The lowest BCUT2D eigenvalue weighted by Gasteiger charge is -2.33. The highest BCUT2D eigenvalue weighted by molar-refractivity contribution is 7.93. The largest absolute Gasteiger partial charge is 0.370 e. The number of para-hydroxylation sites is 1. The van der Waals surface area contributed by atoms with Crippen LogP contribution in [-0.2, 0) is 44.9 Å². The molecule has 2 amide bonds. The average molecular weight is 959 g/mol. The molecule has 1 unspecified atom stereocenters. The summed E-state index contributed by atoms with van der Waals surface area (Å²) in [5, 5.41) is 2.78. The van der Waals surface area contributed by atoms with Gasteiger partial charge in [0.1, 0.15) is 6.10 Å². The number of amides is 2. The number of aromatic nitrogens is 2. The molecule has 0 spiro atoms. The number of anilines is 3. The van der Waals surface area contributed by atoms with E-state index in [1.807, 2.05) is 109 Å². The molecule has 0 aliphatic carbocycles. The number of carbonyl (C=O) groups is 2. The molecule has 1 atom stereocenters. The highest BCUT2D eigenvalue weighted by atomic mass is 32.2. The topological polar surface area (TPSA) is 151 Å². The SMILES string of the molecule is Cn1cnc(S(=O)(=O)N(Cc2ccccc2)c2cccc(C(=O)N3CCOC(c4ccccc4)C3)c2)c1.O=C(Nc1ccccc1)c1cccc(N(Cc2ccccc2)S(=O)(=O)c2ccccc2)c1. The number of benzene rings is 7. The van der Waals surface area contributed by atoms with Gasteiger partial charge in [-0.2, -0.15) is 8.42 Å². The van der Waals surface area contributed by atoms with Crippen molar-refractivity contribution in [3.8, 4) is 0 Å². The fourth-order valence-corrected chi connectivity index (χ4v) is 10.6. The fourth-order valence-electron chi connectivity index (χ4n) is 7.69. The first-order valence-electron chi connectivity index (χ1n) is 22.1. The van der Waals surface area contributed by atoms with E-state index in [1.165, 1.54) is 21.1 Å². The van der Waals surface area contributed by atoms with Gasteiger partial charge in [-0.1, -0.05) is 140 Å². The Kier molecular flexibility index (Phi) is 15.1. The highest BCUT2D eigenvalue weighted by Crippen LogP contribution is 2.30. The van der Waals surface area contributed by atoms with Crippen LogP contribution in [0.3, 0.4) is 0 Å². The van der Waals surface area contributed by atoms with Crippen LogP contribution in [0.4, 0.5) is 17.1 Å². The lowest BCUT2D eigenvalue weighted by Crippen LogP contribution is -2.42. The molecular formula is C54H50N6O7S2. The van der Waals surface area contributed by atoms with Crippen molar-refractivity contribution in [2.24, 2.45) is 7.05 Å². The van der Waals surface area contributed by atoms with Crippen molar-refractivity contribution in [1.29, 1.82) is 0 Å². The molecule has 1 aromatic heterocycles. The second kappa shape index (κ2) is 21.8. The fraction of sp³-hybridized carbons (Fsp3) is 0.130. The highest BCUT2D eigenvalue weighted by Gasteiger charge is 2.31. The minimum Gasteiger partial charge on any atom is -0.370 e. The smallest absolute Gasteiger partial charge is 0.283 e. The Labute approximate surface area is 403 Å². The van der Waals surface area contributed by atoms with Gasteiger partial charge in [0.15, 0.2) is 5.03 Å². The molecule has 7 aromatic carbocycles. The summed E-state index contributed by atoms with van der Waals surface area (Å²) in [5.74, 6) is -0.476. The Balaban J connectivity index is 0.000000188. The number of aryl methyl sites for hydroxylation is 1. The number of hydrogen-bond acceptors (Lipinski definition) is 8. The van der Waals surface area contributed by atoms with Crippen LogP contribution in [0, 0.1) is 0 Å². The van der Waals surface area contributed by atoms with Gasteiger partial charge in [-0.25, -0.2) is 13.4 Å². The van der Waals surface area contributed by atoms with Crippen LogP contribution in [0.5, 0.6) is 0 Å². The van der Waals surface area contributed by atoms with Crippen molar-refractivity contribution >= 4 is 48.9 Å². The Morgan fingerprint density at radius 1 is 0.623 bits per heavy atom. The van der Waals surface area contributed by atoms with E-state index in [2.05, 4.69) is 10.3 Å². The maximum Gasteiger partial charge on any atom is 0.283 e. The van der Waals surface area contributed by atoms with Crippen molar-refractivity contribution in [3.05, 3.63) is 241 Å². The number of carbonyl (C=O) groups excluding carboxylic acids is 2. The molecule has 350 valence electrons. The first kappa shape index (κ1) is 47.6. The summed E-state index contributed by atoms with van der Waals surface area (Å²) in [7, 11) is -6.12. The van der Waals surface area contributed by atoms with E-state index in [-0.39, 0.29) is 40.9 Å². The molecule has 1 N–H and O–H groups in total. The number of sulfonamides is 2. The predicted molar refractivity (Wildman–Crippen MR) is 268 cm³/mol. The van der Waals surface area contributed by atoms with Gasteiger partial charge in [-0.15, -0.1) is 0 Å². The lowest BCUT2D eigenvalue weighted by atomic mass is 10.1. The minimum absolute atomic E-state index is 0.0541. The van der Waals surface area contributed by atoms with Crippen LogP contribution < -0.4 is 13.9 Å². The molecule has 0 saturated carbocycles. The van der Waals surface area contributed by atoms with Crippen molar-refractivity contribution in [3.63, 3.8) is 0 Å². The normalized spacial score (nSPS) is 13.6. The van der Waals surface area contributed by atoms with E-state index in [1.54, 1.807) is 108 Å². The second-order valence-electron chi connectivity index (χ2n) is 16.1. The van der Waals surface area contributed by atoms with Gasteiger partial charge < -0.3 is 19.5 Å². The number of ether oxygens (including phenoxy) is 1. The minimum atomic E-state index is -3.99. The van der Waals surface area contributed by atoms with Crippen LogP contribution in [0.2, 0.25) is 0 Å². The number of nitrogens with one attached hydrogen (secondary N) is 1. The number of nitrogens with zero attached hydrogens (tertiary/aromatic N) is 5.